The summed E-state index contributed by atoms with van der Waals surface area (Å²) in [6, 6.07) is 10.7. The van der Waals surface area contributed by atoms with E-state index in [9.17, 15) is 0 Å². The second-order valence-electron chi connectivity index (χ2n) is 5.41. The minimum absolute atomic E-state index is 0.335. The van der Waals surface area contributed by atoms with Gasteiger partial charge in [-0.25, -0.2) is 0 Å². The number of rotatable bonds is 5. The van der Waals surface area contributed by atoms with Crippen LogP contribution in [0.15, 0.2) is 30.3 Å². The molecule has 0 aromatic heterocycles. The normalized spacial score (nSPS) is 11.1. The molecule has 0 aliphatic rings. The first-order valence-electron chi connectivity index (χ1n) is 7.40. The van der Waals surface area contributed by atoms with Gasteiger partial charge in [0.1, 0.15) is 0 Å². The molecule has 1 heteroatoms. The summed E-state index contributed by atoms with van der Waals surface area (Å²) in [5.74, 6) is 0. The molecule has 1 rings (SSSR count). The fourth-order valence-electron chi connectivity index (χ4n) is 1.84. The van der Waals surface area contributed by atoms with E-state index in [0.717, 1.165) is 0 Å². The van der Waals surface area contributed by atoms with Crippen molar-refractivity contribution in [2.24, 2.45) is 0 Å². The summed E-state index contributed by atoms with van der Waals surface area (Å²) in [6.45, 7) is 17.3. The second-order valence-corrected chi connectivity index (χ2v) is 5.41. The predicted molar refractivity (Wildman–Crippen MR) is 82.3 cm³/mol. The SMILES string of the molecule is CCC(C)(C)c1ccccc1.CC[NH+](CC)CC. The van der Waals surface area contributed by atoms with E-state index in [1.54, 1.807) is 4.90 Å². The summed E-state index contributed by atoms with van der Waals surface area (Å²) in [5.41, 5.74) is 1.77. The van der Waals surface area contributed by atoms with Gasteiger partial charge in [-0.05, 0) is 38.2 Å². The summed E-state index contributed by atoms with van der Waals surface area (Å²) in [6.07, 6.45) is 1.19. The zero-order valence-corrected chi connectivity index (χ0v) is 13.2. The molecule has 0 atom stereocenters. The van der Waals surface area contributed by atoms with Crippen LogP contribution < -0.4 is 4.90 Å². The van der Waals surface area contributed by atoms with Crippen LogP contribution in [0.5, 0.6) is 0 Å². The molecule has 104 valence electrons. The number of hydrogen-bond donors (Lipinski definition) is 1. The van der Waals surface area contributed by atoms with Crippen molar-refractivity contribution in [3.63, 3.8) is 0 Å². The Morgan fingerprint density at radius 3 is 1.56 bits per heavy atom. The third-order valence-corrected chi connectivity index (χ3v) is 3.94. The predicted octanol–water partition coefficient (Wildman–Crippen LogP) is 3.31. The highest BCUT2D eigenvalue weighted by Gasteiger charge is 2.16. The lowest BCUT2D eigenvalue weighted by Gasteiger charge is -2.22. The van der Waals surface area contributed by atoms with Gasteiger partial charge in [-0.2, -0.15) is 0 Å². The summed E-state index contributed by atoms with van der Waals surface area (Å²) >= 11 is 0. The van der Waals surface area contributed by atoms with Gasteiger partial charge in [0.2, 0.25) is 0 Å². The molecule has 0 spiro atoms. The topological polar surface area (TPSA) is 4.44 Å². The van der Waals surface area contributed by atoms with E-state index < -0.39 is 0 Å². The summed E-state index contributed by atoms with van der Waals surface area (Å²) in [4.78, 5) is 1.68. The van der Waals surface area contributed by atoms with E-state index in [0.29, 0.717) is 5.41 Å². The molecule has 0 fully saturated rings. The molecular weight excluding hydrogens is 218 g/mol. The quantitative estimate of drug-likeness (QED) is 0.818. The van der Waals surface area contributed by atoms with Crippen LogP contribution in [0, 0.1) is 0 Å². The van der Waals surface area contributed by atoms with Gasteiger partial charge < -0.3 is 4.90 Å². The molecule has 0 aliphatic heterocycles. The minimum Gasteiger partial charge on any atom is -0.336 e. The molecule has 0 aliphatic carbocycles. The van der Waals surface area contributed by atoms with Crippen LogP contribution in [-0.2, 0) is 5.41 Å². The highest BCUT2D eigenvalue weighted by molar-refractivity contribution is 5.22. The van der Waals surface area contributed by atoms with Gasteiger partial charge in [0.05, 0.1) is 19.6 Å². The molecule has 0 saturated heterocycles. The first-order valence-corrected chi connectivity index (χ1v) is 7.40. The van der Waals surface area contributed by atoms with Crippen LogP contribution in [-0.4, -0.2) is 19.6 Å². The Kier molecular flexibility index (Phi) is 8.74. The van der Waals surface area contributed by atoms with Crippen LogP contribution >= 0.6 is 0 Å². The van der Waals surface area contributed by atoms with Crippen LogP contribution in [0.2, 0.25) is 0 Å². The first kappa shape index (κ1) is 17.2. The van der Waals surface area contributed by atoms with Gasteiger partial charge in [0, 0.05) is 0 Å². The number of quaternary nitrogens is 1. The van der Waals surface area contributed by atoms with E-state index in [4.69, 9.17) is 0 Å². The third kappa shape index (κ3) is 6.20. The monoisotopic (exact) mass is 250 g/mol. The molecule has 0 unspecified atom stereocenters. The van der Waals surface area contributed by atoms with Crippen molar-refractivity contribution in [3.8, 4) is 0 Å². The standard InChI is InChI=1S/C11H16.C6H15N/c1-4-11(2,3)10-8-6-5-7-9-10;1-4-7(5-2)6-3/h5-9H,4H2,1-3H3;4-6H2,1-3H3/p+1. The molecule has 18 heavy (non-hydrogen) atoms. The van der Waals surface area contributed by atoms with Gasteiger partial charge in [-0.1, -0.05) is 51.1 Å². The lowest BCUT2D eigenvalue weighted by molar-refractivity contribution is -0.894. The fourth-order valence-corrected chi connectivity index (χ4v) is 1.84. The first-order chi connectivity index (χ1) is 8.51. The van der Waals surface area contributed by atoms with E-state index in [2.05, 4.69) is 71.9 Å². The zero-order valence-electron chi connectivity index (χ0n) is 13.2. The van der Waals surface area contributed by atoms with E-state index >= 15 is 0 Å². The Bertz CT molecular complexity index is 280. The molecule has 0 saturated carbocycles. The van der Waals surface area contributed by atoms with Crippen molar-refractivity contribution in [3.05, 3.63) is 35.9 Å². The highest BCUT2D eigenvalue weighted by Crippen LogP contribution is 2.25. The zero-order chi connectivity index (χ0) is 14.0. The minimum atomic E-state index is 0.335. The van der Waals surface area contributed by atoms with Crippen molar-refractivity contribution in [1.29, 1.82) is 0 Å². The summed E-state index contributed by atoms with van der Waals surface area (Å²) in [5, 5.41) is 0. The fraction of sp³-hybridized carbons (Fsp3) is 0.647. The molecule has 1 aromatic rings. The molecule has 0 amide bonds. The van der Waals surface area contributed by atoms with Crippen molar-refractivity contribution >= 4 is 0 Å². The van der Waals surface area contributed by atoms with Crippen molar-refractivity contribution in [2.75, 3.05) is 19.6 Å². The van der Waals surface area contributed by atoms with Gasteiger partial charge in [-0.3, -0.25) is 0 Å². The van der Waals surface area contributed by atoms with Crippen molar-refractivity contribution < 1.29 is 4.90 Å². The average Bonchev–Trinajstić information content (AvgIpc) is 2.42. The van der Waals surface area contributed by atoms with Crippen LogP contribution in [0.3, 0.4) is 0 Å². The second kappa shape index (κ2) is 9.16. The van der Waals surface area contributed by atoms with Crippen LogP contribution in [0.1, 0.15) is 53.5 Å². The molecule has 1 aromatic carbocycles. The molecule has 0 heterocycles. The number of hydrogen-bond acceptors (Lipinski definition) is 0. The van der Waals surface area contributed by atoms with E-state index in [1.807, 2.05) is 0 Å². The Morgan fingerprint density at radius 1 is 0.833 bits per heavy atom. The van der Waals surface area contributed by atoms with Crippen molar-refractivity contribution in [1.82, 2.24) is 0 Å². The van der Waals surface area contributed by atoms with E-state index in [1.165, 1.54) is 31.6 Å². The molecular formula is C17H32N+. The van der Waals surface area contributed by atoms with Gasteiger partial charge >= 0.3 is 0 Å². The van der Waals surface area contributed by atoms with Gasteiger partial charge in [0.25, 0.3) is 0 Å². The maximum Gasteiger partial charge on any atom is 0.0742 e. The number of benzene rings is 1. The van der Waals surface area contributed by atoms with Gasteiger partial charge in [-0.15, -0.1) is 0 Å². The average molecular weight is 250 g/mol. The Hall–Kier alpha value is -0.820. The van der Waals surface area contributed by atoms with Crippen LogP contribution in [0.25, 0.3) is 0 Å². The summed E-state index contributed by atoms with van der Waals surface area (Å²) in [7, 11) is 0. The maximum absolute atomic E-state index is 2.28. The largest absolute Gasteiger partial charge is 0.336 e. The Labute approximate surface area is 114 Å². The molecule has 0 bridgehead atoms. The third-order valence-electron chi connectivity index (χ3n) is 3.94. The van der Waals surface area contributed by atoms with E-state index in [-0.39, 0.29) is 0 Å². The van der Waals surface area contributed by atoms with Crippen LogP contribution in [0.4, 0.5) is 0 Å². The summed E-state index contributed by atoms with van der Waals surface area (Å²) < 4.78 is 0. The van der Waals surface area contributed by atoms with Crippen molar-refractivity contribution in [2.45, 2.75) is 53.4 Å². The molecule has 0 radical (unpaired) electrons. The Balaban J connectivity index is 0.000000360. The smallest absolute Gasteiger partial charge is 0.0742 e. The molecule has 1 N–H and O–H groups in total. The Morgan fingerprint density at radius 2 is 1.28 bits per heavy atom. The maximum atomic E-state index is 2.28. The molecule has 1 nitrogen and oxygen atoms in total. The lowest BCUT2D eigenvalue weighted by atomic mass is 9.82. The lowest BCUT2D eigenvalue weighted by Crippen LogP contribution is -3.11. The van der Waals surface area contributed by atoms with Gasteiger partial charge in [0.15, 0.2) is 0 Å². The number of nitrogens with one attached hydrogen (secondary N) is 1. The highest BCUT2D eigenvalue weighted by atomic mass is 15.1.